The molecule has 0 saturated carbocycles. The summed E-state index contributed by atoms with van der Waals surface area (Å²) in [7, 11) is 0. The predicted octanol–water partition coefficient (Wildman–Crippen LogP) is 0.917. The quantitative estimate of drug-likeness (QED) is 0.665. The Labute approximate surface area is 98.1 Å². The average molecular weight is 228 g/mol. The number of carbonyl (C=O) groups is 1. The summed E-state index contributed by atoms with van der Waals surface area (Å²) in [6, 6.07) is 0.509. The van der Waals surface area contributed by atoms with Gasteiger partial charge in [0.2, 0.25) is 5.91 Å². The highest BCUT2D eigenvalue weighted by atomic mass is 16.5. The molecule has 1 unspecified atom stereocenters. The minimum absolute atomic E-state index is 0.0831. The SMILES string of the molecule is CC(C)C(=O)NCCCNC1CCCOC1. The Morgan fingerprint density at radius 1 is 1.44 bits per heavy atom. The fourth-order valence-electron chi connectivity index (χ4n) is 1.71. The Kier molecular flexibility index (Phi) is 6.42. The zero-order valence-corrected chi connectivity index (χ0v) is 10.4. The van der Waals surface area contributed by atoms with Crippen LogP contribution in [-0.4, -0.2) is 38.3 Å². The van der Waals surface area contributed by atoms with Crippen molar-refractivity contribution in [3.63, 3.8) is 0 Å². The number of ether oxygens (including phenoxy) is 1. The Morgan fingerprint density at radius 3 is 2.88 bits per heavy atom. The predicted molar refractivity (Wildman–Crippen MR) is 64.3 cm³/mol. The molecule has 0 aliphatic carbocycles. The van der Waals surface area contributed by atoms with Crippen molar-refractivity contribution in [2.24, 2.45) is 5.92 Å². The first-order chi connectivity index (χ1) is 7.70. The number of nitrogens with one attached hydrogen (secondary N) is 2. The summed E-state index contributed by atoms with van der Waals surface area (Å²) in [5.74, 6) is 0.223. The number of hydrogen-bond acceptors (Lipinski definition) is 3. The van der Waals surface area contributed by atoms with E-state index in [4.69, 9.17) is 4.74 Å². The van der Waals surface area contributed by atoms with Crippen LogP contribution >= 0.6 is 0 Å². The smallest absolute Gasteiger partial charge is 0.222 e. The highest BCUT2D eigenvalue weighted by Gasteiger charge is 2.12. The Hall–Kier alpha value is -0.610. The van der Waals surface area contributed by atoms with Gasteiger partial charge in [0.1, 0.15) is 0 Å². The minimum Gasteiger partial charge on any atom is -0.380 e. The van der Waals surface area contributed by atoms with Crippen molar-refractivity contribution in [2.75, 3.05) is 26.3 Å². The largest absolute Gasteiger partial charge is 0.380 e. The van der Waals surface area contributed by atoms with Crippen LogP contribution in [0.4, 0.5) is 0 Å². The summed E-state index contributed by atoms with van der Waals surface area (Å²) >= 11 is 0. The van der Waals surface area contributed by atoms with Crippen molar-refractivity contribution in [3.05, 3.63) is 0 Å². The van der Waals surface area contributed by atoms with Gasteiger partial charge in [0.05, 0.1) is 6.61 Å². The molecule has 0 bridgehead atoms. The highest BCUT2D eigenvalue weighted by molar-refractivity contribution is 5.77. The van der Waals surface area contributed by atoms with E-state index < -0.39 is 0 Å². The summed E-state index contributed by atoms with van der Waals surface area (Å²) in [4.78, 5) is 11.3. The number of hydrogen-bond donors (Lipinski definition) is 2. The normalized spacial score (nSPS) is 21.1. The van der Waals surface area contributed by atoms with Crippen LogP contribution in [0.15, 0.2) is 0 Å². The van der Waals surface area contributed by atoms with E-state index in [1.165, 1.54) is 6.42 Å². The fourth-order valence-corrected chi connectivity index (χ4v) is 1.71. The summed E-state index contributed by atoms with van der Waals surface area (Å²) in [6.45, 7) is 7.27. The second-order valence-corrected chi connectivity index (χ2v) is 4.67. The molecule has 1 heterocycles. The Balaban J connectivity index is 1.93. The van der Waals surface area contributed by atoms with Crippen molar-refractivity contribution in [1.82, 2.24) is 10.6 Å². The molecule has 1 aliphatic heterocycles. The Bertz CT molecular complexity index is 201. The molecule has 4 nitrogen and oxygen atoms in total. The molecule has 2 N–H and O–H groups in total. The van der Waals surface area contributed by atoms with Crippen LogP contribution in [0.1, 0.15) is 33.1 Å². The third-order valence-electron chi connectivity index (χ3n) is 2.77. The lowest BCUT2D eigenvalue weighted by Crippen LogP contribution is -2.38. The Morgan fingerprint density at radius 2 is 2.25 bits per heavy atom. The lowest BCUT2D eigenvalue weighted by Gasteiger charge is -2.23. The molecule has 94 valence electrons. The van der Waals surface area contributed by atoms with Gasteiger partial charge in [-0.15, -0.1) is 0 Å². The maximum Gasteiger partial charge on any atom is 0.222 e. The van der Waals surface area contributed by atoms with Gasteiger partial charge in [0.15, 0.2) is 0 Å². The second kappa shape index (κ2) is 7.63. The molecule has 1 atom stereocenters. The van der Waals surface area contributed by atoms with Gasteiger partial charge in [0, 0.05) is 25.1 Å². The van der Waals surface area contributed by atoms with E-state index >= 15 is 0 Å². The third-order valence-corrected chi connectivity index (χ3v) is 2.77. The molecule has 1 aliphatic rings. The maximum absolute atomic E-state index is 11.3. The van der Waals surface area contributed by atoms with Gasteiger partial charge in [-0.05, 0) is 25.8 Å². The monoisotopic (exact) mass is 228 g/mol. The number of amides is 1. The van der Waals surface area contributed by atoms with Crippen LogP contribution in [0.3, 0.4) is 0 Å². The molecule has 16 heavy (non-hydrogen) atoms. The molecule has 0 aromatic rings. The lowest BCUT2D eigenvalue weighted by molar-refractivity contribution is -0.123. The number of rotatable bonds is 6. The highest BCUT2D eigenvalue weighted by Crippen LogP contribution is 2.05. The van der Waals surface area contributed by atoms with Crippen LogP contribution in [-0.2, 0) is 9.53 Å². The van der Waals surface area contributed by atoms with E-state index in [0.717, 1.165) is 39.1 Å². The summed E-state index contributed by atoms with van der Waals surface area (Å²) in [5, 5.41) is 6.36. The van der Waals surface area contributed by atoms with Crippen molar-refractivity contribution < 1.29 is 9.53 Å². The van der Waals surface area contributed by atoms with Crippen LogP contribution in [0.5, 0.6) is 0 Å². The summed E-state index contributed by atoms with van der Waals surface area (Å²) in [6.07, 6.45) is 3.34. The van der Waals surface area contributed by atoms with E-state index in [2.05, 4.69) is 10.6 Å². The topological polar surface area (TPSA) is 50.4 Å². The summed E-state index contributed by atoms with van der Waals surface area (Å²) in [5.41, 5.74) is 0. The second-order valence-electron chi connectivity index (χ2n) is 4.67. The van der Waals surface area contributed by atoms with Gasteiger partial charge in [-0.2, -0.15) is 0 Å². The minimum atomic E-state index is 0.0831. The standard InChI is InChI=1S/C12H24N2O2/c1-10(2)12(15)14-7-4-6-13-11-5-3-8-16-9-11/h10-11,13H,3-9H2,1-2H3,(H,14,15). The van der Waals surface area contributed by atoms with Crippen LogP contribution in [0, 0.1) is 5.92 Å². The van der Waals surface area contributed by atoms with E-state index in [1.54, 1.807) is 0 Å². The van der Waals surface area contributed by atoms with Crippen LogP contribution in [0.2, 0.25) is 0 Å². The van der Waals surface area contributed by atoms with Gasteiger partial charge >= 0.3 is 0 Å². The lowest BCUT2D eigenvalue weighted by atomic mass is 10.1. The van der Waals surface area contributed by atoms with E-state index in [-0.39, 0.29) is 11.8 Å². The molecule has 1 saturated heterocycles. The van der Waals surface area contributed by atoms with Crippen molar-refractivity contribution >= 4 is 5.91 Å². The van der Waals surface area contributed by atoms with E-state index in [9.17, 15) is 4.79 Å². The number of carbonyl (C=O) groups excluding carboxylic acids is 1. The summed E-state index contributed by atoms with van der Waals surface area (Å²) < 4.78 is 5.38. The van der Waals surface area contributed by atoms with Crippen LogP contribution in [0.25, 0.3) is 0 Å². The first-order valence-corrected chi connectivity index (χ1v) is 6.29. The average Bonchev–Trinajstić information content (AvgIpc) is 2.29. The molecule has 0 aromatic carbocycles. The van der Waals surface area contributed by atoms with Gasteiger partial charge in [0.25, 0.3) is 0 Å². The zero-order valence-electron chi connectivity index (χ0n) is 10.4. The first-order valence-electron chi connectivity index (χ1n) is 6.29. The fraction of sp³-hybridized carbons (Fsp3) is 0.917. The van der Waals surface area contributed by atoms with Crippen molar-refractivity contribution in [3.8, 4) is 0 Å². The molecule has 0 radical (unpaired) electrons. The molecule has 4 heteroatoms. The van der Waals surface area contributed by atoms with E-state index in [1.807, 2.05) is 13.8 Å². The molecular weight excluding hydrogens is 204 g/mol. The molecule has 0 spiro atoms. The third kappa shape index (κ3) is 5.47. The maximum atomic E-state index is 11.3. The molecular formula is C12H24N2O2. The van der Waals surface area contributed by atoms with Gasteiger partial charge < -0.3 is 15.4 Å². The van der Waals surface area contributed by atoms with Gasteiger partial charge in [-0.3, -0.25) is 4.79 Å². The first kappa shape index (κ1) is 13.5. The van der Waals surface area contributed by atoms with Gasteiger partial charge in [-0.1, -0.05) is 13.8 Å². The molecule has 1 amide bonds. The zero-order chi connectivity index (χ0) is 11.8. The van der Waals surface area contributed by atoms with E-state index in [0.29, 0.717) is 6.04 Å². The molecule has 1 fully saturated rings. The van der Waals surface area contributed by atoms with Crippen molar-refractivity contribution in [1.29, 1.82) is 0 Å². The molecule has 1 rings (SSSR count). The van der Waals surface area contributed by atoms with Gasteiger partial charge in [-0.25, -0.2) is 0 Å². The molecule has 0 aromatic heterocycles. The van der Waals surface area contributed by atoms with Crippen LogP contribution < -0.4 is 10.6 Å². The van der Waals surface area contributed by atoms with Crippen molar-refractivity contribution in [2.45, 2.75) is 39.2 Å².